The molecule has 1 aromatic heterocycles. The van der Waals surface area contributed by atoms with Crippen molar-refractivity contribution in [2.45, 2.75) is 20.3 Å². The number of hydrogen-bond donors (Lipinski definition) is 2. The minimum absolute atomic E-state index is 0.136. The highest BCUT2D eigenvalue weighted by Crippen LogP contribution is 2.14. The molecule has 0 radical (unpaired) electrons. The molecule has 1 aromatic carbocycles. The number of benzene rings is 1. The van der Waals surface area contributed by atoms with Crippen LogP contribution in [-0.2, 0) is 16.0 Å². The highest BCUT2D eigenvalue weighted by Gasteiger charge is 2.10. The van der Waals surface area contributed by atoms with Crippen LogP contribution in [0.1, 0.15) is 18.4 Å². The molecule has 6 heteroatoms. The second-order valence-corrected chi connectivity index (χ2v) is 4.34. The molecule has 2 amide bonds. The number of nitrogens with one attached hydrogen (secondary N) is 2. The van der Waals surface area contributed by atoms with Gasteiger partial charge >= 0.3 is 0 Å². The van der Waals surface area contributed by atoms with Gasteiger partial charge in [-0.25, -0.2) is 4.98 Å². The first-order valence-corrected chi connectivity index (χ1v) is 6.11. The molecule has 20 heavy (non-hydrogen) atoms. The molecular weight excluding hydrogens is 258 g/mol. The molecular formula is C14H15N3O3. The molecule has 1 heterocycles. The fourth-order valence-electron chi connectivity index (χ4n) is 1.69. The maximum absolute atomic E-state index is 11.8. The highest BCUT2D eigenvalue weighted by molar-refractivity contribution is 5.93. The Bertz CT molecular complexity index is 617. The van der Waals surface area contributed by atoms with Crippen LogP contribution in [0.2, 0.25) is 0 Å². The summed E-state index contributed by atoms with van der Waals surface area (Å²) < 4.78 is 5.12. The van der Waals surface area contributed by atoms with Gasteiger partial charge < -0.3 is 15.1 Å². The van der Waals surface area contributed by atoms with E-state index in [0.717, 1.165) is 0 Å². The zero-order valence-corrected chi connectivity index (χ0v) is 11.3. The molecule has 0 saturated heterocycles. The topological polar surface area (TPSA) is 84.2 Å². The largest absolute Gasteiger partial charge is 0.448 e. The Morgan fingerprint density at radius 2 is 1.75 bits per heavy atom. The molecule has 2 rings (SSSR count). The predicted molar refractivity (Wildman–Crippen MR) is 74.3 cm³/mol. The summed E-state index contributed by atoms with van der Waals surface area (Å²) in [6, 6.07) is 6.88. The Hall–Kier alpha value is -2.63. The molecule has 0 aliphatic carbocycles. The van der Waals surface area contributed by atoms with Crippen LogP contribution in [0.4, 0.5) is 11.4 Å². The Labute approximate surface area is 116 Å². The van der Waals surface area contributed by atoms with E-state index in [0.29, 0.717) is 22.8 Å². The summed E-state index contributed by atoms with van der Waals surface area (Å²) in [5.74, 6) is 0.233. The number of amides is 2. The number of aromatic nitrogens is 1. The molecule has 2 aromatic rings. The number of oxazole rings is 1. The van der Waals surface area contributed by atoms with E-state index in [1.165, 1.54) is 13.3 Å². The van der Waals surface area contributed by atoms with Crippen LogP contribution in [0, 0.1) is 6.92 Å². The number of nitrogens with zero attached hydrogens (tertiary/aromatic N) is 1. The number of aryl methyl sites for hydroxylation is 1. The molecule has 2 N–H and O–H groups in total. The molecule has 0 aliphatic heterocycles. The summed E-state index contributed by atoms with van der Waals surface area (Å²) in [5, 5.41) is 5.40. The fraction of sp³-hybridized carbons (Fsp3) is 0.214. The van der Waals surface area contributed by atoms with Crippen LogP contribution in [-0.4, -0.2) is 16.8 Å². The molecule has 6 nitrogen and oxygen atoms in total. The third kappa shape index (κ3) is 3.68. The van der Waals surface area contributed by atoms with Gasteiger partial charge in [0.25, 0.3) is 0 Å². The first-order chi connectivity index (χ1) is 9.54. The van der Waals surface area contributed by atoms with Crippen molar-refractivity contribution in [1.82, 2.24) is 4.98 Å². The number of anilines is 2. The van der Waals surface area contributed by atoms with E-state index < -0.39 is 0 Å². The molecule has 0 unspecified atom stereocenters. The van der Waals surface area contributed by atoms with Crippen LogP contribution in [0.5, 0.6) is 0 Å². The van der Waals surface area contributed by atoms with E-state index in [1.54, 1.807) is 31.2 Å². The maximum Gasteiger partial charge on any atom is 0.232 e. The number of carbonyl (C=O) groups is 2. The first-order valence-electron chi connectivity index (χ1n) is 6.11. The number of hydrogen-bond acceptors (Lipinski definition) is 4. The van der Waals surface area contributed by atoms with Gasteiger partial charge in [0.05, 0.1) is 12.1 Å². The zero-order valence-electron chi connectivity index (χ0n) is 11.3. The Kier molecular flexibility index (Phi) is 4.14. The highest BCUT2D eigenvalue weighted by atomic mass is 16.3. The summed E-state index contributed by atoms with van der Waals surface area (Å²) in [5.41, 5.74) is 2.05. The second-order valence-electron chi connectivity index (χ2n) is 4.34. The van der Waals surface area contributed by atoms with Crippen LogP contribution in [0.3, 0.4) is 0 Å². The van der Waals surface area contributed by atoms with Gasteiger partial charge in [-0.05, 0) is 31.2 Å². The third-order valence-corrected chi connectivity index (χ3v) is 2.65. The Balaban J connectivity index is 1.94. The summed E-state index contributed by atoms with van der Waals surface area (Å²) in [4.78, 5) is 26.6. The first kappa shape index (κ1) is 13.8. The Morgan fingerprint density at radius 1 is 1.15 bits per heavy atom. The lowest BCUT2D eigenvalue weighted by atomic mass is 10.2. The van der Waals surface area contributed by atoms with Crippen LogP contribution < -0.4 is 10.6 Å². The minimum Gasteiger partial charge on any atom is -0.448 e. The normalized spacial score (nSPS) is 10.1. The van der Waals surface area contributed by atoms with Gasteiger partial charge in [-0.1, -0.05) is 0 Å². The summed E-state index contributed by atoms with van der Waals surface area (Å²) >= 11 is 0. The van der Waals surface area contributed by atoms with Gasteiger partial charge in [-0.15, -0.1) is 0 Å². The van der Waals surface area contributed by atoms with Gasteiger partial charge in [0.2, 0.25) is 11.8 Å². The van der Waals surface area contributed by atoms with Crippen molar-refractivity contribution in [3.05, 3.63) is 42.1 Å². The van der Waals surface area contributed by atoms with Crippen molar-refractivity contribution in [2.75, 3.05) is 10.6 Å². The second kappa shape index (κ2) is 6.01. The van der Waals surface area contributed by atoms with E-state index in [2.05, 4.69) is 15.6 Å². The van der Waals surface area contributed by atoms with Crippen molar-refractivity contribution in [3.63, 3.8) is 0 Å². The average Bonchev–Trinajstić information content (AvgIpc) is 2.77. The van der Waals surface area contributed by atoms with E-state index in [4.69, 9.17) is 4.42 Å². The zero-order chi connectivity index (χ0) is 14.5. The molecule has 0 saturated carbocycles. The van der Waals surface area contributed by atoms with Gasteiger partial charge in [0, 0.05) is 18.3 Å². The van der Waals surface area contributed by atoms with Crippen LogP contribution in [0.15, 0.2) is 35.1 Å². The summed E-state index contributed by atoms with van der Waals surface area (Å²) in [7, 11) is 0. The molecule has 0 aliphatic rings. The third-order valence-electron chi connectivity index (χ3n) is 2.65. The van der Waals surface area contributed by atoms with Crippen molar-refractivity contribution >= 4 is 23.2 Å². The minimum atomic E-state index is -0.183. The smallest absolute Gasteiger partial charge is 0.232 e. The van der Waals surface area contributed by atoms with Crippen LogP contribution >= 0.6 is 0 Å². The molecule has 0 atom stereocenters. The lowest BCUT2D eigenvalue weighted by Gasteiger charge is -2.06. The molecule has 0 spiro atoms. The SMILES string of the molecule is CC(=O)Nc1ccc(NC(=O)Cc2ocnc2C)cc1. The lowest BCUT2D eigenvalue weighted by Crippen LogP contribution is -2.14. The number of carbonyl (C=O) groups excluding carboxylic acids is 2. The van der Waals surface area contributed by atoms with Crippen molar-refractivity contribution in [1.29, 1.82) is 0 Å². The van der Waals surface area contributed by atoms with Gasteiger partial charge in [-0.3, -0.25) is 9.59 Å². The van der Waals surface area contributed by atoms with Crippen LogP contribution in [0.25, 0.3) is 0 Å². The predicted octanol–water partition coefficient (Wildman–Crippen LogP) is 2.12. The summed E-state index contributed by atoms with van der Waals surface area (Å²) in [6.45, 7) is 3.23. The van der Waals surface area contributed by atoms with E-state index in [1.807, 2.05) is 0 Å². The average molecular weight is 273 g/mol. The van der Waals surface area contributed by atoms with Crippen molar-refractivity contribution in [2.24, 2.45) is 0 Å². The molecule has 0 bridgehead atoms. The summed E-state index contributed by atoms with van der Waals surface area (Å²) in [6.07, 6.45) is 1.46. The van der Waals surface area contributed by atoms with E-state index in [-0.39, 0.29) is 18.2 Å². The van der Waals surface area contributed by atoms with E-state index >= 15 is 0 Å². The lowest BCUT2D eigenvalue weighted by molar-refractivity contribution is -0.116. The van der Waals surface area contributed by atoms with Gasteiger partial charge in [-0.2, -0.15) is 0 Å². The fourth-order valence-corrected chi connectivity index (χ4v) is 1.69. The van der Waals surface area contributed by atoms with E-state index in [9.17, 15) is 9.59 Å². The standard InChI is InChI=1S/C14H15N3O3/c1-9-13(20-8-15-9)7-14(19)17-12-5-3-11(4-6-12)16-10(2)18/h3-6,8H,7H2,1-2H3,(H,16,18)(H,17,19). The maximum atomic E-state index is 11.8. The van der Waals surface area contributed by atoms with Crippen molar-refractivity contribution < 1.29 is 14.0 Å². The molecule has 0 fully saturated rings. The number of rotatable bonds is 4. The van der Waals surface area contributed by atoms with Crippen molar-refractivity contribution in [3.8, 4) is 0 Å². The molecule has 104 valence electrons. The van der Waals surface area contributed by atoms with Gasteiger partial charge in [0.1, 0.15) is 5.76 Å². The monoisotopic (exact) mass is 273 g/mol. The Morgan fingerprint density at radius 3 is 2.25 bits per heavy atom. The quantitative estimate of drug-likeness (QED) is 0.893. The van der Waals surface area contributed by atoms with Gasteiger partial charge in [0.15, 0.2) is 6.39 Å².